The van der Waals surface area contributed by atoms with Gasteiger partial charge in [-0.1, -0.05) is 148 Å². The predicted molar refractivity (Wildman–Crippen MR) is 257 cm³/mol. The molecule has 0 amide bonds. The number of hydrogen-bond donors (Lipinski definition) is 0. The zero-order valence-electron chi connectivity index (χ0n) is 35.9. The van der Waals surface area contributed by atoms with Crippen LogP contribution in [0.2, 0.25) is 6.55 Å². The molecular formula is C56H46IrN4OSi-2. The molecule has 0 aliphatic heterocycles. The van der Waals surface area contributed by atoms with Gasteiger partial charge in [0.2, 0.25) is 0 Å². The molecule has 7 heteroatoms. The van der Waals surface area contributed by atoms with Gasteiger partial charge in [-0.3, -0.25) is 4.98 Å². The summed E-state index contributed by atoms with van der Waals surface area (Å²) in [7, 11) is -2.40. The van der Waals surface area contributed by atoms with Gasteiger partial charge in [0.1, 0.15) is 13.7 Å². The van der Waals surface area contributed by atoms with E-state index in [0.29, 0.717) is 11.1 Å². The number of imidazole rings is 1. The zero-order valence-corrected chi connectivity index (χ0v) is 39.3. The monoisotopic (exact) mass is 1010 g/mol. The Hall–Kier alpha value is -6.68. The smallest absolute Gasteiger partial charge is 0.145 e. The number of fused-ring (bicyclic) bond motifs is 4. The van der Waals surface area contributed by atoms with Crippen LogP contribution in [0, 0.1) is 23.5 Å². The van der Waals surface area contributed by atoms with Gasteiger partial charge in [-0.2, -0.15) is 5.26 Å². The van der Waals surface area contributed by atoms with E-state index in [0.717, 1.165) is 50.0 Å². The van der Waals surface area contributed by atoms with Crippen LogP contribution in [0.4, 0.5) is 0 Å². The van der Waals surface area contributed by atoms with Crippen molar-refractivity contribution in [3.63, 3.8) is 0 Å². The van der Waals surface area contributed by atoms with Gasteiger partial charge in [0, 0.05) is 37.4 Å². The Bertz CT molecular complexity index is 3100. The molecule has 0 aliphatic carbocycles. The van der Waals surface area contributed by atoms with Crippen molar-refractivity contribution >= 4 is 56.6 Å². The van der Waals surface area contributed by atoms with Gasteiger partial charge in [-0.05, 0) is 74.5 Å². The Balaban J connectivity index is 0.000000361. The van der Waals surface area contributed by atoms with Crippen LogP contribution < -0.4 is 15.6 Å². The van der Waals surface area contributed by atoms with E-state index < -0.39 is 8.07 Å². The molecule has 10 aromatic rings. The summed E-state index contributed by atoms with van der Waals surface area (Å²) in [6.07, 6.45) is 1.79. The first kappa shape index (κ1) is 43.0. The standard InChI is InChI=1S/C45H38N3OSi.C11H8N.Ir/c1-29(2)38-26-34(50(5,32-15-8-6-9-16-32)33-17-10-7-11-18-33)27-39(30(3)4)43(38)48-41-22-13-12-21-40(41)47-45(48)37-20-14-19-36-35-24-23-31(28-46)25-42(35)49-44(36)37;1-2-6-10(7-3-1)11-8-4-5-9-12-11;/h6-19,21-27,29-30H,1-5H3;1-6,8-9H;/q2*-1;. The Kier molecular flexibility index (Phi) is 12.5. The summed E-state index contributed by atoms with van der Waals surface area (Å²) in [5, 5.41) is 15.7. The number of benzene rings is 7. The number of nitriles is 1. The number of pyridine rings is 1. The van der Waals surface area contributed by atoms with E-state index in [1.165, 1.54) is 32.4 Å². The first-order chi connectivity index (χ1) is 30.3. The number of para-hydroxylation sites is 2. The van der Waals surface area contributed by atoms with Crippen LogP contribution in [-0.2, 0) is 20.1 Å². The largest absolute Gasteiger partial charge is 0.500 e. The Morgan fingerprint density at radius 2 is 1.30 bits per heavy atom. The van der Waals surface area contributed by atoms with E-state index >= 15 is 0 Å². The van der Waals surface area contributed by atoms with Crippen molar-refractivity contribution in [1.29, 1.82) is 5.26 Å². The minimum absolute atomic E-state index is 0. The fraction of sp³-hybridized carbons (Fsp3) is 0.125. The molecule has 10 rings (SSSR count). The van der Waals surface area contributed by atoms with E-state index in [-0.39, 0.29) is 31.9 Å². The minimum atomic E-state index is -2.40. The minimum Gasteiger partial charge on any atom is -0.500 e. The summed E-state index contributed by atoms with van der Waals surface area (Å²) in [6.45, 7) is 11.7. The summed E-state index contributed by atoms with van der Waals surface area (Å²) in [5.74, 6) is 1.26. The average Bonchev–Trinajstić information content (AvgIpc) is 3.90. The number of hydrogen-bond acceptors (Lipinski definition) is 4. The van der Waals surface area contributed by atoms with E-state index in [1.807, 2.05) is 78.9 Å². The Morgan fingerprint density at radius 1 is 0.651 bits per heavy atom. The molecular weight excluding hydrogens is 965 g/mol. The molecule has 0 saturated heterocycles. The predicted octanol–water partition coefficient (Wildman–Crippen LogP) is 12.2. The van der Waals surface area contributed by atoms with Crippen LogP contribution in [0.3, 0.4) is 0 Å². The maximum absolute atomic E-state index is 9.58. The Morgan fingerprint density at radius 3 is 1.92 bits per heavy atom. The van der Waals surface area contributed by atoms with Crippen molar-refractivity contribution in [2.45, 2.75) is 46.1 Å². The van der Waals surface area contributed by atoms with Crippen LogP contribution in [0.5, 0.6) is 0 Å². The van der Waals surface area contributed by atoms with Gasteiger partial charge in [0.05, 0.1) is 34.1 Å². The summed E-state index contributed by atoms with van der Waals surface area (Å²) < 4.78 is 8.91. The van der Waals surface area contributed by atoms with Crippen LogP contribution in [0.25, 0.3) is 61.3 Å². The molecule has 0 aliphatic rings. The first-order valence-electron chi connectivity index (χ1n) is 21.2. The number of furan rings is 1. The molecule has 311 valence electrons. The van der Waals surface area contributed by atoms with E-state index in [2.05, 4.69) is 153 Å². The Labute approximate surface area is 384 Å². The third kappa shape index (κ3) is 8.10. The molecule has 3 aromatic heterocycles. The van der Waals surface area contributed by atoms with Gasteiger partial charge >= 0.3 is 0 Å². The van der Waals surface area contributed by atoms with Crippen molar-refractivity contribution in [2.24, 2.45) is 0 Å². The summed E-state index contributed by atoms with van der Waals surface area (Å²) in [4.78, 5) is 9.53. The van der Waals surface area contributed by atoms with Gasteiger partial charge in [0.25, 0.3) is 0 Å². The van der Waals surface area contributed by atoms with E-state index in [1.54, 1.807) is 6.20 Å². The number of aromatic nitrogens is 3. The maximum Gasteiger partial charge on any atom is 0.145 e. The van der Waals surface area contributed by atoms with Gasteiger partial charge in [-0.15, -0.1) is 54.1 Å². The summed E-state index contributed by atoms with van der Waals surface area (Å²) >= 11 is 0. The maximum atomic E-state index is 9.58. The molecule has 0 fully saturated rings. The van der Waals surface area contributed by atoms with Crippen molar-refractivity contribution < 1.29 is 24.5 Å². The first-order valence-corrected chi connectivity index (χ1v) is 23.7. The zero-order chi connectivity index (χ0) is 42.8. The second-order valence-corrected chi connectivity index (χ2v) is 20.4. The van der Waals surface area contributed by atoms with Gasteiger partial charge in [-0.25, -0.2) is 0 Å². The molecule has 7 aromatic carbocycles. The van der Waals surface area contributed by atoms with Crippen molar-refractivity contribution in [3.8, 4) is 34.4 Å². The van der Waals surface area contributed by atoms with Crippen molar-refractivity contribution in [3.05, 3.63) is 205 Å². The van der Waals surface area contributed by atoms with Crippen LogP contribution in [0.1, 0.15) is 56.2 Å². The van der Waals surface area contributed by atoms with Crippen LogP contribution >= 0.6 is 0 Å². The second kappa shape index (κ2) is 18.3. The molecule has 3 heterocycles. The molecule has 0 N–H and O–H groups in total. The third-order valence-corrected chi connectivity index (χ3v) is 16.3. The van der Waals surface area contributed by atoms with Crippen molar-refractivity contribution in [2.75, 3.05) is 0 Å². The molecule has 0 atom stereocenters. The molecule has 1 radical (unpaired) electrons. The SMILES string of the molecule is CC(C)c1cc([Si](C)(c2ccccc2)c2ccccc2)cc(C(C)C)c1-n1c(-c2[c-]ccc3c2oc2cc(C#N)ccc23)nc2ccccc21.[Ir].[c-]1ccccc1-c1ccccn1. The topological polar surface area (TPSA) is 67.6 Å². The normalized spacial score (nSPS) is 11.4. The van der Waals surface area contributed by atoms with Crippen molar-refractivity contribution in [1.82, 2.24) is 14.5 Å². The fourth-order valence-corrected chi connectivity index (χ4v) is 12.2. The quantitative estimate of drug-likeness (QED) is 0.0864. The van der Waals surface area contributed by atoms with Crippen LogP contribution in [-0.4, -0.2) is 22.6 Å². The van der Waals surface area contributed by atoms with E-state index in [4.69, 9.17) is 9.40 Å². The van der Waals surface area contributed by atoms with E-state index in [9.17, 15) is 5.26 Å². The molecule has 0 saturated carbocycles. The molecule has 0 bridgehead atoms. The molecule has 0 spiro atoms. The van der Waals surface area contributed by atoms with Gasteiger partial charge < -0.3 is 14.0 Å². The third-order valence-electron chi connectivity index (χ3n) is 11.9. The summed E-state index contributed by atoms with van der Waals surface area (Å²) in [6, 6.07) is 67.7. The molecule has 0 unspecified atom stereocenters. The molecule has 5 nitrogen and oxygen atoms in total. The fourth-order valence-electron chi connectivity index (χ4n) is 8.62. The number of nitrogens with zero attached hydrogens (tertiary/aromatic N) is 4. The molecule has 63 heavy (non-hydrogen) atoms. The van der Waals surface area contributed by atoms with Gasteiger partial charge in [0.15, 0.2) is 0 Å². The second-order valence-electron chi connectivity index (χ2n) is 16.4. The summed E-state index contributed by atoms with van der Waals surface area (Å²) in [5.41, 5.74) is 10.5. The van der Waals surface area contributed by atoms with Crippen LogP contribution in [0.15, 0.2) is 180 Å². The number of rotatable bonds is 8. The average molecular weight is 1010 g/mol.